The molecule has 1 aromatic carbocycles. The number of aryl methyl sites for hydroxylation is 1. The molecule has 1 unspecified atom stereocenters. The lowest BCUT2D eigenvalue weighted by Crippen LogP contribution is -2.12. The Morgan fingerprint density at radius 1 is 1.33 bits per heavy atom. The maximum atomic E-state index is 13.3. The van der Waals surface area contributed by atoms with Gasteiger partial charge in [0.1, 0.15) is 5.82 Å². The van der Waals surface area contributed by atoms with Crippen molar-refractivity contribution in [3.8, 4) is 0 Å². The molecule has 0 saturated carbocycles. The first-order valence-electron chi connectivity index (χ1n) is 5.89. The summed E-state index contributed by atoms with van der Waals surface area (Å²) in [4.78, 5) is 2.43. The molecule has 1 nitrogen and oxygen atoms in total. The van der Waals surface area contributed by atoms with Gasteiger partial charge in [-0.05, 0) is 36.6 Å². The Morgan fingerprint density at radius 3 is 2.78 bits per heavy atom. The van der Waals surface area contributed by atoms with Gasteiger partial charge in [-0.2, -0.15) is 0 Å². The zero-order chi connectivity index (χ0) is 13.1. The number of benzene rings is 1. The summed E-state index contributed by atoms with van der Waals surface area (Å²) in [6.07, 6.45) is 1.57. The molecule has 0 bridgehead atoms. The van der Waals surface area contributed by atoms with Gasteiger partial charge in [0, 0.05) is 15.8 Å². The number of thiophene rings is 1. The lowest BCUT2D eigenvalue weighted by molar-refractivity contribution is 0.623. The largest absolute Gasteiger partial charge is 0.323 e. The molecular formula is C14H15ClFNS. The fourth-order valence-corrected chi connectivity index (χ4v) is 2.98. The highest BCUT2D eigenvalue weighted by Gasteiger charge is 2.13. The fraction of sp³-hybridized carbons (Fsp3) is 0.286. The highest BCUT2D eigenvalue weighted by molar-refractivity contribution is 7.12. The summed E-state index contributed by atoms with van der Waals surface area (Å²) in [7, 11) is 0. The van der Waals surface area contributed by atoms with Gasteiger partial charge in [0.2, 0.25) is 0 Å². The molecule has 2 rings (SSSR count). The van der Waals surface area contributed by atoms with Crippen molar-refractivity contribution in [3.05, 3.63) is 56.5 Å². The van der Waals surface area contributed by atoms with Gasteiger partial charge in [-0.1, -0.05) is 30.7 Å². The van der Waals surface area contributed by atoms with E-state index in [2.05, 4.69) is 13.0 Å². The van der Waals surface area contributed by atoms with Crippen LogP contribution in [-0.4, -0.2) is 0 Å². The van der Waals surface area contributed by atoms with Crippen molar-refractivity contribution in [1.82, 2.24) is 0 Å². The standard InChI is InChI=1S/C14H15ClFNS/c1-2-10-6-7-13(18-10)12(17)8-9-4-3-5-11(16)14(9)15/h3-7,12H,2,8,17H2,1H3. The van der Waals surface area contributed by atoms with Gasteiger partial charge >= 0.3 is 0 Å². The molecule has 0 aliphatic heterocycles. The molecule has 1 atom stereocenters. The summed E-state index contributed by atoms with van der Waals surface area (Å²) in [5, 5.41) is 0.181. The van der Waals surface area contributed by atoms with Crippen molar-refractivity contribution in [2.75, 3.05) is 0 Å². The molecule has 18 heavy (non-hydrogen) atoms. The van der Waals surface area contributed by atoms with E-state index in [9.17, 15) is 4.39 Å². The summed E-state index contributed by atoms with van der Waals surface area (Å²) in [6.45, 7) is 2.12. The van der Waals surface area contributed by atoms with Crippen LogP contribution >= 0.6 is 22.9 Å². The van der Waals surface area contributed by atoms with E-state index in [4.69, 9.17) is 17.3 Å². The average Bonchev–Trinajstić information content (AvgIpc) is 2.83. The van der Waals surface area contributed by atoms with E-state index >= 15 is 0 Å². The monoisotopic (exact) mass is 283 g/mol. The molecule has 96 valence electrons. The summed E-state index contributed by atoms with van der Waals surface area (Å²) in [5.41, 5.74) is 6.90. The van der Waals surface area contributed by atoms with Gasteiger partial charge in [-0.25, -0.2) is 4.39 Å². The van der Waals surface area contributed by atoms with E-state index < -0.39 is 0 Å². The molecule has 0 aliphatic carbocycles. The first-order valence-corrected chi connectivity index (χ1v) is 7.08. The maximum Gasteiger partial charge on any atom is 0.142 e. The topological polar surface area (TPSA) is 26.0 Å². The highest BCUT2D eigenvalue weighted by Crippen LogP contribution is 2.28. The van der Waals surface area contributed by atoms with Gasteiger partial charge < -0.3 is 5.73 Å². The minimum Gasteiger partial charge on any atom is -0.323 e. The van der Waals surface area contributed by atoms with Gasteiger partial charge in [0.25, 0.3) is 0 Å². The first-order chi connectivity index (χ1) is 8.61. The molecule has 0 spiro atoms. The number of hydrogen-bond donors (Lipinski definition) is 1. The Labute approximate surface area is 115 Å². The van der Waals surface area contributed by atoms with Crippen molar-refractivity contribution < 1.29 is 4.39 Å². The van der Waals surface area contributed by atoms with Crippen LogP contribution in [0.1, 0.15) is 28.3 Å². The number of halogens is 2. The summed E-state index contributed by atoms with van der Waals surface area (Å²) in [6, 6.07) is 8.84. The molecule has 0 amide bonds. The second-order valence-corrected chi connectivity index (χ2v) is 5.76. The van der Waals surface area contributed by atoms with E-state index in [0.717, 1.165) is 16.9 Å². The van der Waals surface area contributed by atoms with Crippen LogP contribution in [0.3, 0.4) is 0 Å². The minimum absolute atomic E-state index is 0.130. The normalized spacial score (nSPS) is 12.7. The summed E-state index contributed by atoms with van der Waals surface area (Å²) >= 11 is 7.64. The first kappa shape index (κ1) is 13.5. The molecule has 1 heterocycles. The molecular weight excluding hydrogens is 269 g/mol. The smallest absolute Gasteiger partial charge is 0.142 e. The second-order valence-electron chi connectivity index (χ2n) is 4.18. The SMILES string of the molecule is CCc1ccc(C(N)Cc2cccc(F)c2Cl)s1. The molecule has 2 N–H and O–H groups in total. The predicted molar refractivity (Wildman–Crippen MR) is 75.7 cm³/mol. The Kier molecular flexibility index (Phi) is 4.38. The van der Waals surface area contributed by atoms with Gasteiger partial charge in [-0.15, -0.1) is 11.3 Å². The van der Waals surface area contributed by atoms with E-state index in [0.29, 0.717) is 6.42 Å². The van der Waals surface area contributed by atoms with Crippen LogP contribution in [-0.2, 0) is 12.8 Å². The average molecular weight is 284 g/mol. The van der Waals surface area contributed by atoms with E-state index in [-0.39, 0.29) is 16.9 Å². The lowest BCUT2D eigenvalue weighted by Gasteiger charge is -2.11. The maximum absolute atomic E-state index is 13.3. The molecule has 0 aliphatic rings. The van der Waals surface area contributed by atoms with Crippen molar-refractivity contribution in [2.45, 2.75) is 25.8 Å². The van der Waals surface area contributed by atoms with Crippen molar-refractivity contribution in [2.24, 2.45) is 5.73 Å². The molecule has 0 radical (unpaired) electrons. The quantitative estimate of drug-likeness (QED) is 0.887. The molecule has 0 fully saturated rings. The highest BCUT2D eigenvalue weighted by atomic mass is 35.5. The van der Waals surface area contributed by atoms with Crippen LogP contribution in [0.5, 0.6) is 0 Å². The Bertz CT molecular complexity index is 538. The van der Waals surface area contributed by atoms with Crippen molar-refractivity contribution in [3.63, 3.8) is 0 Å². The second kappa shape index (κ2) is 5.83. The number of hydrogen-bond acceptors (Lipinski definition) is 2. The van der Waals surface area contributed by atoms with E-state index in [1.165, 1.54) is 10.9 Å². The van der Waals surface area contributed by atoms with E-state index in [1.807, 2.05) is 12.1 Å². The molecule has 0 saturated heterocycles. The van der Waals surface area contributed by atoms with Gasteiger partial charge in [-0.3, -0.25) is 0 Å². The van der Waals surface area contributed by atoms with Crippen LogP contribution in [0, 0.1) is 5.82 Å². The molecule has 4 heteroatoms. The van der Waals surface area contributed by atoms with Crippen LogP contribution in [0.4, 0.5) is 4.39 Å². The van der Waals surface area contributed by atoms with Crippen molar-refractivity contribution in [1.29, 1.82) is 0 Å². The third kappa shape index (κ3) is 2.91. The summed E-state index contributed by atoms with van der Waals surface area (Å²) in [5.74, 6) is -0.387. The predicted octanol–water partition coefficient (Wildman–Crippen LogP) is 4.35. The Morgan fingerprint density at radius 2 is 2.11 bits per heavy atom. The van der Waals surface area contributed by atoms with Crippen LogP contribution in [0.15, 0.2) is 30.3 Å². The number of rotatable bonds is 4. The zero-order valence-corrected chi connectivity index (χ0v) is 11.7. The summed E-state index contributed by atoms with van der Waals surface area (Å²) < 4.78 is 13.3. The van der Waals surface area contributed by atoms with E-state index in [1.54, 1.807) is 17.4 Å². The van der Waals surface area contributed by atoms with Crippen LogP contribution in [0.25, 0.3) is 0 Å². The molecule has 2 aromatic rings. The number of nitrogens with two attached hydrogens (primary N) is 1. The zero-order valence-electron chi connectivity index (χ0n) is 10.1. The molecule has 1 aromatic heterocycles. The Balaban J connectivity index is 2.15. The third-order valence-electron chi connectivity index (χ3n) is 2.87. The third-order valence-corrected chi connectivity index (χ3v) is 4.65. The minimum atomic E-state index is -0.387. The Hall–Kier alpha value is -0.900. The fourth-order valence-electron chi connectivity index (χ4n) is 1.83. The van der Waals surface area contributed by atoms with Gasteiger partial charge in [0.05, 0.1) is 5.02 Å². The lowest BCUT2D eigenvalue weighted by atomic mass is 10.1. The van der Waals surface area contributed by atoms with Crippen LogP contribution in [0.2, 0.25) is 5.02 Å². The van der Waals surface area contributed by atoms with Crippen LogP contribution < -0.4 is 5.73 Å². The van der Waals surface area contributed by atoms with Gasteiger partial charge in [0.15, 0.2) is 0 Å². The van der Waals surface area contributed by atoms with Crippen molar-refractivity contribution >= 4 is 22.9 Å².